The molecule has 2 aromatic heterocycles. The van der Waals surface area contributed by atoms with Gasteiger partial charge in [-0.15, -0.1) is 0 Å². The second-order valence-electron chi connectivity index (χ2n) is 2.85. The van der Waals surface area contributed by atoms with E-state index in [2.05, 4.69) is 9.97 Å². The van der Waals surface area contributed by atoms with Gasteiger partial charge in [0.1, 0.15) is 5.52 Å². The molecule has 0 spiro atoms. The van der Waals surface area contributed by atoms with Crippen molar-refractivity contribution in [2.24, 2.45) is 0 Å². The van der Waals surface area contributed by atoms with Gasteiger partial charge in [-0.2, -0.15) is 0 Å². The lowest BCUT2D eigenvalue weighted by molar-refractivity contribution is 0.402. The summed E-state index contributed by atoms with van der Waals surface area (Å²) in [5, 5.41) is 1.09. The summed E-state index contributed by atoms with van der Waals surface area (Å²) < 4.78 is 5.11. The van der Waals surface area contributed by atoms with Crippen LogP contribution in [0.4, 0.5) is 0 Å². The zero-order valence-corrected chi connectivity index (χ0v) is 7.61. The third kappa shape index (κ3) is 1.22. The van der Waals surface area contributed by atoms with Gasteiger partial charge in [-0.3, -0.25) is 4.98 Å². The smallest absolute Gasteiger partial charge is 0.240 e. The number of ether oxygens (including phenoxy) is 1. The lowest BCUT2D eigenvalue weighted by Gasteiger charge is -2.04. The molecule has 0 saturated carbocycles. The highest BCUT2D eigenvalue weighted by Crippen LogP contribution is 2.22. The van der Waals surface area contributed by atoms with Crippen molar-refractivity contribution in [3.8, 4) is 5.88 Å². The maximum absolute atomic E-state index is 5.11. The van der Waals surface area contributed by atoms with Gasteiger partial charge in [0.2, 0.25) is 5.88 Å². The molecule has 0 N–H and O–H groups in total. The summed E-state index contributed by atoms with van der Waals surface area (Å²) in [6.07, 6.45) is 3.54. The third-order valence-corrected chi connectivity index (χ3v) is 2.00. The maximum atomic E-state index is 5.11. The topological polar surface area (TPSA) is 35.0 Å². The van der Waals surface area contributed by atoms with E-state index in [1.54, 1.807) is 19.5 Å². The number of fused-ring (bicyclic) bond motifs is 1. The fourth-order valence-electron chi connectivity index (χ4n) is 1.33. The molecule has 0 atom stereocenters. The highest BCUT2D eigenvalue weighted by Gasteiger charge is 2.04. The van der Waals surface area contributed by atoms with Crippen LogP contribution in [0.5, 0.6) is 5.88 Å². The van der Waals surface area contributed by atoms with Crippen molar-refractivity contribution in [3.05, 3.63) is 30.1 Å². The van der Waals surface area contributed by atoms with Gasteiger partial charge in [-0.1, -0.05) is 6.07 Å². The van der Waals surface area contributed by atoms with Gasteiger partial charge in [0.05, 0.1) is 7.11 Å². The normalized spacial score (nSPS) is 10.3. The Kier molecular flexibility index (Phi) is 1.85. The van der Waals surface area contributed by atoms with Crippen LogP contribution in [0.1, 0.15) is 5.56 Å². The molecule has 2 heterocycles. The van der Waals surface area contributed by atoms with Gasteiger partial charge < -0.3 is 4.74 Å². The molecule has 66 valence electrons. The quantitative estimate of drug-likeness (QED) is 0.662. The Balaban J connectivity index is 2.84. The van der Waals surface area contributed by atoms with Crippen molar-refractivity contribution in [1.29, 1.82) is 0 Å². The van der Waals surface area contributed by atoms with Gasteiger partial charge in [0.15, 0.2) is 0 Å². The number of aryl methyl sites for hydroxylation is 1. The molecule has 0 aliphatic carbocycles. The van der Waals surface area contributed by atoms with Crippen molar-refractivity contribution < 1.29 is 4.74 Å². The first-order valence-corrected chi connectivity index (χ1v) is 4.07. The number of hydrogen-bond acceptors (Lipinski definition) is 3. The van der Waals surface area contributed by atoms with E-state index in [4.69, 9.17) is 4.74 Å². The van der Waals surface area contributed by atoms with E-state index >= 15 is 0 Å². The fourth-order valence-corrected chi connectivity index (χ4v) is 1.33. The molecule has 0 bridgehead atoms. The van der Waals surface area contributed by atoms with Gasteiger partial charge in [-0.05, 0) is 18.6 Å². The minimum atomic E-state index is 0.584. The van der Waals surface area contributed by atoms with Crippen LogP contribution in [0.2, 0.25) is 0 Å². The predicted molar refractivity (Wildman–Crippen MR) is 50.8 cm³/mol. The van der Waals surface area contributed by atoms with Crippen LogP contribution in [-0.2, 0) is 0 Å². The summed E-state index contributed by atoms with van der Waals surface area (Å²) in [5.74, 6) is 0.584. The Bertz CT molecular complexity index is 440. The van der Waals surface area contributed by atoms with Gasteiger partial charge in [0.25, 0.3) is 0 Å². The summed E-state index contributed by atoms with van der Waals surface area (Å²) in [7, 11) is 1.60. The summed E-state index contributed by atoms with van der Waals surface area (Å²) in [6.45, 7) is 2.01. The molecule has 2 rings (SSSR count). The zero-order valence-electron chi connectivity index (χ0n) is 7.61. The fraction of sp³-hybridized carbons (Fsp3) is 0.200. The number of hydrogen-bond donors (Lipinski definition) is 0. The molecular weight excluding hydrogens is 164 g/mol. The van der Waals surface area contributed by atoms with Crippen LogP contribution >= 0.6 is 0 Å². The highest BCUT2D eigenvalue weighted by atomic mass is 16.5. The molecule has 0 aliphatic rings. The van der Waals surface area contributed by atoms with E-state index in [9.17, 15) is 0 Å². The second-order valence-corrected chi connectivity index (χ2v) is 2.85. The van der Waals surface area contributed by atoms with Crippen LogP contribution in [0, 0.1) is 6.92 Å². The van der Waals surface area contributed by atoms with Gasteiger partial charge in [0, 0.05) is 17.8 Å². The van der Waals surface area contributed by atoms with Crippen molar-refractivity contribution in [2.75, 3.05) is 7.11 Å². The lowest BCUT2D eigenvalue weighted by Crippen LogP contribution is -1.92. The van der Waals surface area contributed by atoms with Crippen LogP contribution < -0.4 is 4.74 Å². The first-order valence-electron chi connectivity index (χ1n) is 4.07. The summed E-state index contributed by atoms with van der Waals surface area (Å²) in [6, 6.07) is 3.93. The third-order valence-electron chi connectivity index (χ3n) is 2.00. The Morgan fingerprint density at radius 2 is 2.15 bits per heavy atom. The average Bonchev–Trinajstić information content (AvgIpc) is 2.19. The molecule has 0 unspecified atom stereocenters. The van der Waals surface area contributed by atoms with Gasteiger partial charge in [-0.25, -0.2) is 4.98 Å². The van der Waals surface area contributed by atoms with Crippen molar-refractivity contribution >= 4 is 10.9 Å². The van der Waals surface area contributed by atoms with Crippen molar-refractivity contribution in [1.82, 2.24) is 9.97 Å². The number of pyridine rings is 2. The Morgan fingerprint density at radius 1 is 1.31 bits per heavy atom. The Morgan fingerprint density at radius 3 is 2.92 bits per heavy atom. The SMILES string of the molecule is COc1ncc(C)c2cccnc12. The van der Waals surface area contributed by atoms with Crippen molar-refractivity contribution in [2.45, 2.75) is 6.92 Å². The van der Waals surface area contributed by atoms with E-state index < -0.39 is 0 Å². The Labute approximate surface area is 76.4 Å². The monoisotopic (exact) mass is 174 g/mol. The first-order chi connectivity index (χ1) is 6.33. The molecule has 2 aromatic rings. The molecule has 0 amide bonds. The first kappa shape index (κ1) is 7.98. The predicted octanol–water partition coefficient (Wildman–Crippen LogP) is 1.95. The molecule has 0 radical (unpaired) electrons. The molecule has 0 aromatic carbocycles. The highest BCUT2D eigenvalue weighted by molar-refractivity contribution is 5.85. The number of aromatic nitrogens is 2. The molecular formula is C10H10N2O. The number of nitrogens with zero attached hydrogens (tertiary/aromatic N) is 2. The lowest BCUT2D eigenvalue weighted by atomic mass is 10.2. The van der Waals surface area contributed by atoms with E-state index in [0.29, 0.717) is 5.88 Å². The van der Waals surface area contributed by atoms with Crippen molar-refractivity contribution in [3.63, 3.8) is 0 Å². The Hall–Kier alpha value is -1.64. The van der Waals surface area contributed by atoms with E-state index in [1.165, 1.54) is 0 Å². The average molecular weight is 174 g/mol. The molecule has 13 heavy (non-hydrogen) atoms. The maximum Gasteiger partial charge on any atom is 0.240 e. The van der Waals surface area contributed by atoms with Crippen LogP contribution in [0.25, 0.3) is 10.9 Å². The minimum Gasteiger partial charge on any atom is -0.479 e. The molecule has 0 saturated heterocycles. The van der Waals surface area contributed by atoms with E-state index in [-0.39, 0.29) is 0 Å². The second kappa shape index (κ2) is 3.01. The molecule has 0 fully saturated rings. The zero-order chi connectivity index (χ0) is 9.26. The minimum absolute atomic E-state index is 0.584. The molecule has 3 heteroatoms. The van der Waals surface area contributed by atoms with Gasteiger partial charge >= 0.3 is 0 Å². The van der Waals surface area contributed by atoms with Crippen LogP contribution in [0.3, 0.4) is 0 Å². The van der Waals surface area contributed by atoms with E-state index in [0.717, 1.165) is 16.5 Å². The van der Waals surface area contributed by atoms with E-state index in [1.807, 2.05) is 19.1 Å². The molecule has 3 nitrogen and oxygen atoms in total. The number of methoxy groups -OCH3 is 1. The summed E-state index contributed by atoms with van der Waals surface area (Å²) in [5.41, 5.74) is 1.94. The standard InChI is InChI=1S/C10H10N2O/c1-7-6-12-10(13-2)9-8(7)4-3-5-11-9/h3-6H,1-2H3. The largest absolute Gasteiger partial charge is 0.479 e. The summed E-state index contributed by atoms with van der Waals surface area (Å²) >= 11 is 0. The van der Waals surface area contributed by atoms with Crippen LogP contribution in [0.15, 0.2) is 24.5 Å². The van der Waals surface area contributed by atoms with Crippen LogP contribution in [-0.4, -0.2) is 17.1 Å². The number of rotatable bonds is 1. The summed E-state index contributed by atoms with van der Waals surface area (Å²) in [4.78, 5) is 8.37. The molecule has 0 aliphatic heterocycles.